The number of carbonyl (C=O) groups excluding carboxylic acids is 2. The Bertz CT molecular complexity index is 499. The summed E-state index contributed by atoms with van der Waals surface area (Å²) in [4.78, 5) is 27.5. The second-order valence-electron chi connectivity index (χ2n) is 5.24. The maximum absolute atomic E-state index is 12.0. The third kappa shape index (κ3) is 2.92. The fraction of sp³-hybridized carbons (Fsp3) is 0.467. The molecule has 0 bridgehead atoms. The minimum atomic E-state index is -0.127. The van der Waals surface area contributed by atoms with Gasteiger partial charge in [0, 0.05) is 19.1 Å². The molecule has 2 amide bonds. The first-order chi connectivity index (χ1) is 9.74. The number of nitrogens with zero attached hydrogens (tertiary/aromatic N) is 2. The molecule has 1 aromatic carbocycles. The van der Waals surface area contributed by atoms with E-state index in [-0.39, 0.29) is 25.0 Å². The molecule has 1 aliphatic carbocycles. The van der Waals surface area contributed by atoms with Gasteiger partial charge in [0.25, 0.3) is 5.91 Å². The number of rotatable bonds is 4. The van der Waals surface area contributed by atoms with Crippen molar-refractivity contribution in [3.05, 3.63) is 30.3 Å². The van der Waals surface area contributed by atoms with Crippen LogP contribution >= 0.6 is 0 Å². The number of hydrogen-bond acceptors (Lipinski definition) is 3. The van der Waals surface area contributed by atoms with Gasteiger partial charge in [-0.05, 0) is 25.0 Å². The molecule has 1 saturated carbocycles. The quantitative estimate of drug-likeness (QED) is 0.819. The Morgan fingerprint density at radius 1 is 1.20 bits per heavy atom. The average molecular weight is 274 g/mol. The molecular formula is C15H18N2O3. The smallest absolute Gasteiger partial charge is 0.261 e. The van der Waals surface area contributed by atoms with Crippen LogP contribution in [0.5, 0.6) is 5.75 Å². The Morgan fingerprint density at radius 2 is 1.95 bits per heavy atom. The van der Waals surface area contributed by atoms with E-state index >= 15 is 0 Å². The van der Waals surface area contributed by atoms with E-state index in [9.17, 15) is 9.59 Å². The summed E-state index contributed by atoms with van der Waals surface area (Å²) in [7, 11) is 0. The highest BCUT2D eigenvalue weighted by atomic mass is 16.5. The van der Waals surface area contributed by atoms with Gasteiger partial charge in [-0.2, -0.15) is 0 Å². The van der Waals surface area contributed by atoms with E-state index in [2.05, 4.69) is 0 Å². The number of hydrogen-bond donors (Lipinski definition) is 0. The van der Waals surface area contributed by atoms with Crippen molar-refractivity contribution in [3.8, 4) is 5.75 Å². The fourth-order valence-electron chi connectivity index (χ4n) is 2.42. The maximum atomic E-state index is 12.0. The molecule has 5 nitrogen and oxygen atoms in total. The Labute approximate surface area is 118 Å². The lowest BCUT2D eigenvalue weighted by atomic mass is 10.3. The maximum Gasteiger partial charge on any atom is 0.261 e. The molecule has 0 unspecified atom stereocenters. The first-order valence-electron chi connectivity index (χ1n) is 6.99. The van der Waals surface area contributed by atoms with Crippen molar-refractivity contribution in [2.24, 2.45) is 0 Å². The van der Waals surface area contributed by atoms with Gasteiger partial charge in [0.15, 0.2) is 6.61 Å². The van der Waals surface area contributed by atoms with Crippen molar-refractivity contribution in [2.45, 2.75) is 18.9 Å². The molecule has 0 spiro atoms. The van der Waals surface area contributed by atoms with Crippen molar-refractivity contribution in [1.29, 1.82) is 0 Å². The number of para-hydroxylation sites is 1. The summed E-state index contributed by atoms with van der Waals surface area (Å²) < 4.78 is 5.43. The van der Waals surface area contributed by atoms with Crippen LogP contribution in [0.3, 0.4) is 0 Å². The van der Waals surface area contributed by atoms with E-state index in [0.29, 0.717) is 24.9 Å². The van der Waals surface area contributed by atoms with Crippen molar-refractivity contribution >= 4 is 11.8 Å². The zero-order valence-corrected chi connectivity index (χ0v) is 11.3. The van der Waals surface area contributed by atoms with Crippen molar-refractivity contribution < 1.29 is 14.3 Å². The highest BCUT2D eigenvalue weighted by molar-refractivity contribution is 5.87. The summed E-state index contributed by atoms with van der Waals surface area (Å²) in [6.45, 7) is 1.44. The molecule has 0 atom stereocenters. The second-order valence-corrected chi connectivity index (χ2v) is 5.24. The van der Waals surface area contributed by atoms with Crippen LogP contribution in [0.1, 0.15) is 12.8 Å². The zero-order valence-electron chi connectivity index (χ0n) is 11.3. The molecule has 1 saturated heterocycles. The number of ether oxygens (including phenoxy) is 1. The van der Waals surface area contributed by atoms with Crippen LogP contribution in [-0.4, -0.2) is 53.9 Å². The second kappa shape index (κ2) is 5.53. The van der Waals surface area contributed by atoms with Crippen molar-refractivity contribution in [2.75, 3.05) is 26.2 Å². The van der Waals surface area contributed by atoms with E-state index in [0.717, 1.165) is 12.8 Å². The van der Waals surface area contributed by atoms with Gasteiger partial charge in [-0.25, -0.2) is 0 Å². The van der Waals surface area contributed by atoms with Crippen LogP contribution in [0.25, 0.3) is 0 Å². The number of benzene rings is 1. The predicted molar refractivity (Wildman–Crippen MR) is 73.3 cm³/mol. The number of amides is 2. The van der Waals surface area contributed by atoms with E-state index in [1.165, 1.54) is 0 Å². The molecule has 0 aromatic heterocycles. The molecule has 5 heteroatoms. The molecule has 3 rings (SSSR count). The summed E-state index contributed by atoms with van der Waals surface area (Å²) in [5.74, 6) is 0.605. The summed E-state index contributed by atoms with van der Waals surface area (Å²) in [6.07, 6.45) is 2.22. The van der Waals surface area contributed by atoms with Crippen molar-refractivity contribution in [1.82, 2.24) is 9.80 Å². The minimum Gasteiger partial charge on any atom is -0.484 e. The van der Waals surface area contributed by atoms with E-state index in [1.54, 1.807) is 4.90 Å². The third-order valence-electron chi connectivity index (χ3n) is 3.70. The Morgan fingerprint density at radius 3 is 2.60 bits per heavy atom. The van der Waals surface area contributed by atoms with Gasteiger partial charge in [-0.15, -0.1) is 0 Å². The van der Waals surface area contributed by atoms with E-state index < -0.39 is 0 Å². The van der Waals surface area contributed by atoms with Crippen LogP contribution in [0, 0.1) is 0 Å². The van der Waals surface area contributed by atoms with Gasteiger partial charge in [0.1, 0.15) is 5.75 Å². The number of carbonyl (C=O) groups is 2. The van der Waals surface area contributed by atoms with Crippen LogP contribution in [0.4, 0.5) is 0 Å². The monoisotopic (exact) mass is 274 g/mol. The summed E-state index contributed by atoms with van der Waals surface area (Å²) in [5, 5.41) is 0. The van der Waals surface area contributed by atoms with Gasteiger partial charge in [0.05, 0.1) is 6.54 Å². The third-order valence-corrected chi connectivity index (χ3v) is 3.70. The van der Waals surface area contributed by atoms with E-state index in [1.807, 2.05) is 35.2 Å². The average Bonchev–Trinajstić information content (AvgIpc) is 3.30. The lowest BCUT2D eigenvalue weighted by Gasteiger charge is -2.34. The van der Waals surface area contributed by atoms with Crippen molar-refractivity contribution in [3.63, 3.8) is 0 Å². The molecule has 2 fully saturated rings. The SMILES string of the molecule is O=C(COc1ccccc1)N1CCN(C2CC2)C(=O)C1. The summed E-state index contributed by atoms with van der Waals surface area (Å²) in [6, 6.07) is 9.66. The highest BCUT2D eigenvalue weighted by Gasteiger charge is 2.36. The Balaban J connectivity index is 1.49. The molecule has 20 heavy (non-hydrogen) atoms. The molecule has 1 aromatic rings. The molecule has 1 heterocycles. The van der Waals surface area contributed by atoms with E-state index in [4.69, 9.17) is 4.74 Å². The first-order valence-corrected chi connectivity index (χ1v) is 6.99. The lowest BCUT2D eigenvalue weighted by Crippen LogP contribution is -2.53. The minimum absolute atomic E-state index is 0.0132. The van der Waals surface area contributed by atoms with Gasteiger partial charge in [-0.3, -0.25) is 9.59 Å². The number of piperazine rings is 1. The summed E-state index contributed by atoms with van der Waals surface area (Å²) >= 11 is 0. The zero-order chi connectivity index (χ0) is 13.9. The summed E-state index contributed by atoms with van der Waals surface area (Å²) in [5.41, 5.74) is 0. The highest BCUT2D eigenvalue weighted by Crippen LogP contribution is 2.28. The van der Waals surface area contributed by atoms with Gasteiger partial charge in [-0.1, -0.05) is 18.2 Å². The Kier molecular flexibility index (Phi) is 3.58. The molecule has 106 valence electrons. The van der Waals surface area contributed by atoms with Crippen LogP contribution in [-0.2, 0) is 9.59 Å². The molecular weight excluding hydrogens is 256 g/mol. The van der Waals surface area contributed by atoms with Gasteiger partial charge >= 0.3 is 0 Å². The predicted octanol–water partition coefficient (Wildman–Crippen LogP) is 0.899. The standard InChI is InChI=1S/C15H18N2O3/c18-14-10-16(8-9-17(14)12-6-7-12)15(19)11-20-13-4-2-1-3-5-13/h1-5,12H,6-11H2. The van der Waals surface area contributed by atoms with Crippen LogP contribution in [0.15, 0.2) is 30.3 Å². The van der Waals surface area contributed by atoms with Gasteiger partial charge < -0.3 is 14.5 Å². The first kappa shape index (κ1) is 13.0. The van der Waals surface area contributed by atoms with Crippen LogP contribution < -0.4 is 4.74 Å². The Hall–Kier alpha value is -2.04. The molecule has 0 N–H and O–H groups in total. The molecule has 1 aliphatic heterocycles. The van der Waals surface area contributed by atoms with Crippen LogP contribution in [0.2, 0.25) is 0 Å². The topological polar surface area (TPSA) is 49.9 Å². The lowest BCUT2D eigenvalue weighted by molar-refractivity contribution is -0.146. The molecule has 2 aliphatic rings. The fourth-order valence-corrected chi connectivity index (χ4v) is 2.42. The molecule has 0 radical (unpaired) electrons. The largest absolute Gasteiger partial charge is 0.484 e. The van der Waals surface area contributed by atoms with Gasteiger partial charge in [0.2, 0.25) is 5.91 Å². The normalized spacial score (nSPS) is 19.1.